The third-order valence-corrected chi connectivity index (χ3v) is 24.0. The maximum atomic E-state index is 14.8. The predicted molar refractivity (Wildman–Crippen MR) is 326 cm³/mol. The van der Waals surface area contributed by atoms with Crippen LogP contribution < -0.4 is 11.4 Å². The van der Waals surface area contributed by atoms with Gasteiger partial charge in [-0.1, -0.05) is 83.2 Å². The second kappa shape index (κ2) is 25.2. The molecule has 26 heteroatoms. The van der Waals surface area contributed by atoms with Gasteiger partial charge in [0.15, 0.2) is 17.2 Å². The number of ether oxygens (including phenoxy) is 4. The molecule has 3 aromatic rings. The van der Waals surface area contributed by atoms with Crippen LogP contribution >= 0.6 is 0 Å². The van der Waals surface area contributed by atoms with Crippen LogP contribution in [0.15, 0.2) is 65.5 Å². The lowest BCUT2D eigenvalue weighted by molar-refractivity contribution is -0.329. The van der Waals surface area contributed by atoms with Gasteiger partial charge in [0.25, 0.3) is 10.2 Å². The number of aliphatic hydroxyl groups is 3. The second-order valence-electron chi connectivity index (χ2n) is 27.8. The number of hydrogen-bond donors (Lipinski definition) is 5. The van der Waals surface area contributed by atoms with Crippen LogP contribution in [0.5, 0.6) is 0 Å². The fraction of sp³-hybridized carbons (Fsp3) is 0.646. The molecule has 8 aliphatic rings. The number of piperazine rings is 1. The third-order valence-electron chi connectivity index (χ3n) is 22.0. The quantitative estimate of drug-likeness (QED) is 0.0829. The van der Waals surface area contributed by atoms with Crippen molar-refractivity contribution in [3.05, 3.63) is 88.1 Å². The largest absolute Gasteiger partial charge is 0.459 e. The summed E-state index contributed by atoms with van der Waals surface area (Å²) in [5.74, 6) is -8.99. The van der Waals surface area contributed by atoms with E-state index in [0.717, 1.165) is 5.56 Å². The SMILES string of the molecule is CC(=O)OC12COC1CC(O)C1(C)C(=O)C(=O)C3C(C)C(OC(=O)C(OC(=O)C4CCN(C(=O)C5CCN(S(=O)(=O)N6CCN(Cc7ccc(-n8c(C9=CC(C(C)C)C(O)CC9=O)n[nH]c8=O)cc7)CC6)CC5)CC4)C(N)c4ccccc4)CC(O)(CC21)C3(C)C. The lowest BCUT2D eigenvalue weighted by atomic mass is 9.43. The monoisotopic (exact) mass is 1280 g/mol. The summed E-state index contributed by atoms with van der Waals surface area (Å²) < 4.78 is 56.3. The molecule has 11 rings (SSSR count). The number of carbonyl (C=O) groups excluding carboxylic acids is 7. The molecule has 91 heavy (non-hydrogen) atoms. The van der Waals surface area contributed by atoms with Crippen molar-refractivity contribution < 1.29 is 76.2 Å². The Morgan fingerprint density at radius 2 is 1.49 bits per heavy atom. The van der Waals surface area contributed by atoms with Gasteiger partial charge in [-0.05, 0) is 68.2 Å². The summed E-state index contributed by atoms with van der Waals surface area (Å²) in [4.78, 5) is 115. The van der Waals surface area contributed by atoms with E-state index in [1.807, 2.05) is 26.0 Å². The molecule has 13 unspecified atom stereocenters. The molecule has 4 saturated heterocycles. The lowest BCUT2D eigenvalue weighted by Crippen LogP contribution is -2.78. The van der Waals surface area contributed by atoms with E-state index >= 15 is 0 Å². The van der Waals surface area contributed by atoms with Gasteiger partial charge in [0.2, 0.25) is 23.6 Å². The number of allylic oxidation sites excluding steroid dienone is 1. The van der Waals surface area contributed by atoms with Gasteiger partial charge in [0.05, 0.1) is 53.1 Å². The first kappa shape index (κ1) is 66.1. The molecule has 13 atom stereocenters. The first-order chi connectivity index (χ1) is 43.0. The fourth-order valence-corrected chi connectivity index (χ4v) is 17.8. The summed E-state index contributed by atoms with van der Waals surface area (Å²) in [6.07, 6.45) is -3.80. The lowest BCUT2D eigenvalue weighted by Gasteiger charge is -2.66. The van der Waals surface area contributed by atoms with Crippen LogP contribution in [0.2, 0.25) is 0 Å². The minimum absolute atomic E-state index is 0.0621. The fourth-order valence-electron chi connectivity index (χ4n) is 16.2. The number of H-pyrrole nitrogens is 1. The number of aromatic nitrogens is 3. The number of likely N-dealkylation sites (tertiary alicyclic amines) is 1. The molecule has 1 amide bonds. The van der Waals surface area contributed by atoms with Gasteiger partial charge in [-0.15, -0.1) is 0 Å². The molecule has 6 N–H and O–H groups in total. The molecule has 2 bridgehead atoms. The van der Waals surface area contributed by atoms with Gasteiger partial charge in [0.1, 0.15) is 12.2 Å². The van der Waals surface area contributed by atoms with Gasteiger partial charge in [-0.25, -0.2) is 19.3 Å². The summed E-state index contributed by atoms with van der Waals surface area (Å²) >= 11 is 0. The summed E-state index contributed by atoms with van der Waals surface area (Å²) in [6.45, 7) is 14.2. The van der Waals surface area contributed by atoms with Crippen LogP contribution in [-0.2, 0) is 69.3 Å². The summed E-state index contributed by atoms with van der Waals surface area (Å²) in [5, 5.41) is 41.8. The zero-order valence-corrected chi connectivity index (χ0v) is 53.5. The number of nitrogens with two attached hydrogens (primary N) is 1. The molecule has 7 fully saturated rings. The Bertz CT molecular complexity index is 3520. The minimum Gasteiger partial charge on any atom is -0.459 e. The maximum Gasteiger partial charge on any atom is 0.349 e. The average molecular weight is 1280 g/mol. The predicted octanol–water partition coefficient (Wildman–Crippen LogP) is 2.43. The van der Waals surface area contributed by atoms with E-state index in [2.05, 4.69) is 15.1 Å². The summed E-state index contributed by atoms with van der Waals surface area (Å²) in [7, 11) is -3.84. The summed E-state index contributed by atoms with van der Waals surface area (Å²) in [5.41, 5.74) is 2.07. The number of hydrogen-bond acceptors (Lipinski definition) is 20. The molecule has 494 valence electrons. The molecule has 5 heterocycles. The van der Waals surface area contributed by atoms with Gasteiger partial charge < -0.3 is 44.9 Å². The Labute approximate surface area is 529 Å². The van der Waals surface area contributed by atoms with Crippen LogP contribution in [0.3, 0.4) is 0 Å². The molecule has 4 aliphatic heterocycles. The Kier molecular flexibility index (Phi) is 18.3. The Hall–Kier alpha value is -6.36. The summed E-state index contributed by atoms with van der Waals surface area (Å²) in [6, 6.07) is 14.6. The Morgan fingerprint density at radius 3 is 2.11 bits per heavy atom. The molecular formula is C65H86N8O17S. The second-order valence-corrected chi connectivity index (χ2v) is 29.7. The molecular weight excluding hydrogens is 1200 g/mol. The van der Waals surface area contributed by atoms with Crippen molar-refractivity contribution >= 4 is 56.9 Å². The smallest absolute Gasteiger partial charge is 0.349 e. The van der Waals surface area contributed by atoms with Gasteiger partial charge in [-0.3, -0.25) is 33.7 Å². The van der Waals surface area contributed by atoms with Crippen LogP contribution in [0.4, 0.5) is 0 Å². The molecule has 2 aromatic carbocycles. The number of amides is 1. The van der Waals surface area contributed by atoms with Crippen molar-refractivity contribution in [1.82, 2.24) is 33.2 Å². The van der Waals surface area contributed by atoms with Gasteiger partial charge >= 0.3 is 23.6 Å². The van der Waals surface area contributed by atoms with E-state index in [-0.39, 0.29) is 119 Å². The van der Waals surface area contributed by atoms with E-state index in [1.165, 1.54) is 27.0 Å². The molecule has 25 nitrogen and oxygen atoms in total. The van der Waals surface area contributed by atoms with E-state index in [1.54, 1.807) is 74.2 Å². The number of nitrogens with one attached hydrogen (secondary N) is 1. The van der Waals surface area contributed by atoms with E-state index < -0.39 is 134 Å². The first-order valence-corrected chi connectivity index (χ1v) is 33.4. The number of fused-ring (bicyclic) bond motifs is 5. The van der Waals surface area contributed by atoms with Crippen LogP contribution in [0, 0.1) is 52.3 Å². The number of benzene rings is 2. The Balaban J connectivity index is 0.679. The average Bonchev–Trinajstić information content (AvgIpc) is 0.986. The van der Waals surface area contributed by atoms with E-state index in [0.29, 0.717) is 43.7 Å². The van der Waals surface area contributed by atoms with Crippen LogP contribution in [-0.4, -0.2) is 199 Å². The van der Waals surface area contributed by atoms with Crippen molar-refractivity contribution in [3.8, 4) is 5.69 Å². The maximum absolute atomic E-state index is 14.8. The van der Waals surface area contributed by atoms with Crippen molar-refractivity contribution in [1.29, 1.82) is 0 Å². The number of aromatic amines is 1. The highest BCUT2D eigenvalue weighted by atomic mass is 32.2. The van der Waals surface area contributed by atoms with Crippen molar-refractivity contribution in [2.75, 3.05) is 59.0 Å². The number of Topliss-reactive ketones (excluding diaryl/α,β-unsaturated/α-hetero) is 3. The van der Waals surface area contributed by atoms with Crippen molar-refractivity contribution in [3.63, 3.8) is 0 Å². The van der Waals surface area contributed by atoms with Gasteiger partial charge in [-0.2, -0.15) is 22.1 Å². The molecule has 1 aromatic heterocycles. The number of rotatable bonds is 15. The Morgan fingerprint density at radius 1 is 0.857 bits per heavy atom. The van der Waals surface area contributed by atoms with E-state index in [9.17, 15) is 62.1 Å². The number of esters is 3. The normalized spacial score (nSPS) is 32.7. The van der Waals surface area contributed by atoms with Crippen LogP contribution in [0.25, 0.3) is 11.3 Å². The highest BCUT2D eigenvalue weighted by Crippen LogP contribution is 2.64. The van der Waals surface area contributed by atoms with Crippen molar-refractivity contribution in [2.24, 2.45) is 58.0 Å². The van der Waals surface area contributed by atoms with Crippen molar-refractivity contribution in [2.45, 2.75) is 154 Å². The number of piperidine rings is 2. The molecule has 4 aliphatic carbocycles. The number of nitrogens with zero attached hydrogens (tertiary/aromatic N) is 6. The number of ketones is 3. The zero-order chi connectivity index (χ0) is 65.4. The standard InChI is InChI=1S/C65H86N8O17S/c1-36(2)44-29-45(47(76)30-46(44)75)57-67-68-61(83)73(57)43-15-13-39(14-16-43)34-69-25-27-72(28-26-69)91(85,86)71-23-19-41(20-24-71)58(80)70-21-17-42(18-22-70)59(81)89-55(53(66)40-11-9-8-10-12-40)60(82)88-48-32-64(84)33-49-63(7,56(79)54(78)52(37(48)3)62(64,5)6)50(77)31-51-65(49,35-87-51)90-38(4)74/h8-16,29,36-37,41-42,44,46,48-53,55,75,77,84H,17-28,30-35,66H2,1-7H3,(H,68,83). The first-order valence-electron chi connectivity index (χ1n) is 32.0. The number of aliphatic hydroxyl groups excluding tert-OH is 2. The minimum atomic E-state index is -3.84. The van der Waals surface area contributed by atoms with E-state index in [4.69, 9.17) is 24.7 Å². The molecule has 3 saturated carbocycles. The highest BCUT2D eigenvalue weighted by molar-refractivity contribution is 7.86. The molecule has 0 radical (unpaired) electrons. The topological polar surface area (TPSA) is 341 Å². The van der Waals surface area contributed by atoms with Gasteiger partial charge in [0, 0.05) is 120 Å². The number of carbonyl (C=O) groups is 7. The molecule has 0 spiro atoms. The zero-order valence-electron chi connectivity index (χ0n) is 52.7. The third kappa shape index (κ3) is 11.9. The van der Waals surface area contributed by atoms with Crippen LogP contribution in [0.1, 0.15) is 123 Å². The highest BCUT2D eigenvalue weighted by Gasteiger charge is 2.75.